The summed E-state index contributed by atoms with van der Waals surface area (Å²) in [6.07, 6.45) is 5.93. The number of ketones is 1. The van der Waals surface area contributed by atoms with Crippen molar-refractivity contribution in [2.24, 2.45) is 0 Å². The van der Waals surface area contributed by atoms with Crippen LogP contribution in [-0.2, 0) is 4.79 Å². The largest absolute Gasteiger partial charge is 0.295 e. The molecule has 0 saturated heterocycles. The standard InChI is InChI=1S/C11H18O/c1-9(2)6-5-7-10(3)8-11(4)12/h6,8H,5,7H2,1-4H3/b10-8+. The van der Waals surface area contributed by atoms with Crippen molar-refractivity contribution >= 4 is 5.78 Å². The predicted molar refractivity (Wildman–Crippen MR) is 53.1 cm³/mol. The van der Waals surface area contributed by atoms with E-state index in [-0.39, 0.29) is 5.78 Å². The van der Waals surface area contributed by atoms with Gasteiger partial charge in [0.15, 0.2) is 5.78 Å². The highest BCUT2D eigenvalue weighted by atomic mass is 16.1. The zero-order valence-corrected chi connectivity index (χ0v) is 8.48. The quantitative estimate of drug-likeness (QED) is 0.462. The van der Waals surface area contributed by atoms with Crippen LogP contribution in [0.5, 0.6) is 0 Å². The summed E-state index contributed by atoms with van der Waals surface area (Å²) in [4.78, 5) is 10.7. The molecule has 0 aromatic rings. The molecule has 0 aromatic heterocycles. The van der Waals surface area contributed by atoms with Gasteiger partial charge >= 0.3 is 0 Å². The lowest BCUT2D eigenvalue weighted by molar-refractivity contribution is -0.112. The van der Waals surface area contributed by atoms with Crippen LogP contribution < -0.4 is 0 Å². The highest BCUT2D eigenvalue weighted by molar-refractivity contribution is 5.87. The van der Waals surface area contributed by atoms with Gasteiger partial charge in [0.2, 0.25) is 0 Å². The summed E-state index contributed by atoms with van der Waals surface area (Å²) in [6.45, 7) is 7.76. The molecular weight excluding hydrogens is 148 g/mol. The minimum atomic E-state index is 0.143. The number of hydrogen-bond acceptors (Lipinski definition) is 1. The van der Waals surface area contributed by atoms with Crippen molar-refractivity contribution in [1.82, 2.24) is 0 Å². The topological polar surface area (TPSA) is 17.1 Å². The molecule has 0 N–H and O–H groups in total. The Bertz CT molecular complexity index is 205. The smallest absolute Gasteiger partial charge is 0.152 e. The normalized spacial score (nSPS) is 11.2. The lowest BCUT2D eigenvalue weighted by atomic mass is 10.1. The molecular formula is C11H18O. The predicted octanol–water partition coefficient (Wildman–Crippen LogP) is 3.27. The van der Waals surface area contributed by atoms with E-state index < -0.39 is 0 Å². The SMILES string of the molecule is CC(=O)/C=C(\C)CCC=C(C)C. The second-order valence-corrected chi connectivity index (χ2v) is 3.42. The molecule has 0 spiro atoms. The van der Waals surface area contributed by atoms with Gasteiger partial charge in [0, 0.05) is 0 Å². The molecule has 1 nitrogen and oxygen atoms in total. The summed E-state index contributed by atoms with van der Waals surface area (Å²) in [7, 11) is 0. The highest BCUT2D eigenvalue weighted by Crippen LogP contribution is 2.06. The Balaban J connectivity index is 3.79. The summed E-state index contributed by atoms with van der Waals surface area (Å²) in [5, 5.41) is 0. The number of carbonyl (C=O) groups excluding carboxylic acids is 1. The van der Waals surface area contributed by atoms with E-state index in [9.17, 15) is 4.79 Å². The number of rotatable bonds is 4. The van der Waals surface area contributed by atoms with Crippen LogP contribution in [0.3, 0.4) is 0 Å². The molecule has 0 fully saturated rings. The van der Waals surface area contributed by atoms with Crippen molar-refractivity contribution in [2.75, 3.05) is 0 Å². The summed E-state index contributed by atoms with van der Waals surface area (Å²) in [6, 6.07) is 0. The fourth-order valence-electron chi connectivity index (χ4n) is 1.01. The van der Waals surface area contributed by atoms with E-state index >= 15 is 0 Å². The third kappa shape index (κ3) is 7.26. The minimum Gasteiger partial charge on any atom is -0.295 e. The van der Waals surface area contributed by atoms with E-state index in [0.717, 1.165) is 12.8 Å². The average Bonchev–Trinajstić information content (AvgIpc) is 1.84. The zero-order chi connectivity index (χ0) is 9.56. The van der Waals surface area contributed by atoms with Gasteiger partial charge in [-0.15, -0.1) is 0 Å². The van der Waals surface area contributed by atoms with Gasteiger partial charge in [-0.1, -0.05) is 17.2 Å². The van der Waals surface area contributed by atoms with E-state index in [1.165, 1.54) is 11.1 Å². The Morgan fingerprint density at radius 1 is 1.17 bits per heavy atom. The van der Waals surface area contributed by atoms with Crippen LogP contribution in [0.2, 0.25) is 0 Å². The zero-order valence-electron chi connectivity index (χ0n) is 8.48. The fourth-order valence-corrected chi connectivity index (χ4v) is 1.01. The molecule has 12 heavy (non-hydrogen) atoms. The second kappa shape index (κ2) is 5.76. The van der Waals surface area contributed by atoms with Gasteiger partial charge in [0.1, 0.15) is 0 Å². The first-order valence-electron chi connectivity index (χ1n) is 4.33. The third-order valence-corrected chi connectivity index (χ3v) is 1.54. The van der Waals surface area contributed by atoms with Gasteiger partial charge in [0.25, 0.3) is 0 Å². The molecule has 0 radical (unpaired) electrons. The van der Waals surface area contributed by atoms with Crippen LogP contribution in [-0.4, -0.2) is 5.78 Å². The van der Waals surface area contributed by atoms with Gasteiger partial charge in [-0.25, -0.2) is 0 Å². The second-order valence-electron chi connectivity index (χ2n) is 3.42. The van der Waals surface area contributed by atoms with Crippen molar-refractivity contribution in [3.05, 3.63) is 23.3 Å². The Morgan fingerprint density at radius 2 is 1.75 bits per heavy atom. The van der Waals surface area contributed by atoms with Crippen LogP contribution in [0.25, 0.3) is 0 Å². The lowest BCUT2D eigenvalue weighted by Gasteiger charge is -1.96. The number of carbonyl (C=O) groups is 1. The van der Waals surface area contributed by atoms with Crippen molar-refractivity contribution < 1.29 is 4.79 Å². The number of allylic oxidation sites excluding steroid dienone is 4. The molecule has 0 bridgehead atoms. The fraction of sp³-hybridized carbons (Fsp3) is 0.545. The van der Waals surface area contributed by atoms with Crippen molar-refractivity contribution in [2.45, 2.75) is 40.5 Å². The van der Waals surface area contributed by atoms with Gasteiger partial charge in [-0.3, -0.25) is 4.79 Å². The molecule has 0 saturated carbocycles. The van der Waals surface area contributed by atoms with E-state index in [1.54, 1.807) is 13.0 Å². The molecule has 0 aliphatic rings. The first kappa shape index (κ1) is 11.2. The summed E-state index contributed by atoms with van der Waals surface area (Å²) >= 11 is 0. The van der Waals surface area contributed by atoms with E-state index in [0.29, 0.717) is 0 Å². The van der Waals surface area contributed by atoms with Crippen molar-refractivity contribution in [3.63, 3.8) is 0 Å². The van der Waals surface area contributed by atoms with Crippen LogP contribution in [0.15, 0.2) is 23.3 Å². The average molecular weight is 166 g/mol. The molecule has 0 atom stereocenters. The van der Waals surface area contributed by atoms with Crippen LogP contribution in [0, 0.1) is 0 Å². The van der Waals surface area contributed by atoms with Gasteiger partial charge in [0.05, 0.1) is 0 Å². The Morgan fingerprint density at radius 3 is 2.17 bits per heavy atom. The molecule has 1 heteroatoms. The van der Waals surface area contributed by atoms with Crippen LogP contribution in [0.1, 0.15) is 40.5 Å². The van der Waals surface area contributed by atoms with Gasteiger partial charge in [-0.05, 0) is 46.6 Å². The van der Waals surface area contributed by atoms with Crippen molar-refractivity contribution in [3.8, 4) is 0 Å². The maximum atomic E-state index is 10.7. The number of hydrogen-bond donors (Lipinski definition) is 0. The van der Waals surface area contributed by atoms with Gasteiger partial charge in [-0.2, -0.15) is 0 Å². The van der Waals surface area contributed by atoms with E-state index in [2.05, 4.69) is 19.9 Å². The molecule has 0 heterocycles. The first-order valence-corrected chi connectivity index (χ1v) is 4.33. The van der Waals surface area contributed by atoms with E-state index in [1.807, 2.05) is 6.92 Å². The molecule has 68 valence electrons. The Kier molecular flexibility index (Phi) is 5.35. The molecule has 0 aliphatic carbocycles. The molecule has 0 rings (SSSR count). The van der Waals surface area contributed by atoms with Gasteiger partial charge < -0.3 is 0 Å². The minimum absolute atomic E-state index is 0.143. The maximum absolute atomic E-state index is 10.7. The van der Waals surface area contributed by atoms with Crippen LogP contribution >= 0.6 is 0 Å². The third-order valence-electron chi connectivity index (χ3n) is 1.54. The summed E-state index contributed by atoms with van der Waals surface area (Å²) in [5.74, 6) is 0.143. The first-order chi connectivity index (χ1) is 5.52. The monoisotopic (exact) mass is 166 g/mol. The maximum Gasteiger partial charge on any atom is 0.152 e. The molecule has 0 aromatic carbocycles. The Labute approximate surface area is 75.2 Å². The molecule has 0 aliphatic heterocycles. The summed E-state index contributed by atoms with van der Waals surface area (Å²) in [5.41, 5.74) is 2.51. The van der Waals surface area contributed by atoms with Crippen LogP contribution in [0.4, 0.5) is 0 Å². The highest BCUT2D eigenvalue weighted by Gasteiger charge is 1.90. The van der Waals surface area contributed by atoms with E-state index in [4.69, 9.17) is 0 Å². The Hall–Kier alpha value is -0.850. The molecule has 0 unspecified atom stereocenters. The van der Waals surface area contributed by atoms with Crippen molar-refractivity contribution in [1.29, 1.82) is 0 Å². The lowest BCUT2D eigenvalue weighted by Crippen LogP contribution is -1.85. The molecule has 0 amide bonds. The summed E-state index contributed by atoms with van der Waals surface area (Å²) < 4.78 is 0.